The number of nitrogens with zero attached hydrogens (tertiary/aromatic N) is 1. The summed E-state index contributed by atoms with van der Waals surface area (Å²) in [5.74, 6) is 0.834. The van der Waals surface area contributed by atoms with E-state index in [-0.39, 0.29) is 18.4 Å². The van der Waals surface area contributed by atoms with Crippen LogP contribution in [0.1, 0.15) is 32.3 Å². The lowest BCUT2D eigenvalue weighted by Crippen LogP contribution is -2.50. The van der Waals surface area contributed by atoms with E-state index in [0.29, 0.717) is 36.0 Å². The standard InChI is InChI=1S/C23H29ClN2O4/c1-4-14-25-23(28)21(5-2)26(15-17-6-8-18(24)9-7-17)22(27)16-30-20-12-10-19(29-3)11-13-20/h6-13,21H,4-5,14-16H2,1-3H3,(H,25,28)/t21-/m1/s1. The number of benzene rings is 2. The predicted octanol–water partition coefficient (Wildman–Crippen LogP) is 4.06. The highest BCUT2D eigenvalue weighted by Crippen LogP contribution is 2.19. The molecule has 7 heteroatoms. The van der Waals surface area contributed by atoms with Crippen molar-refractivity contribution in [1.29, 1.82) is 0 Å². The van der Waals surface area contributed by atoms with Crippen LogP contribution in [-0.4, -0.2) is 43.0 Å². The van der Waals surface area contributed by atoms with Gasteiger partial charge in [-0.25, -0.2) is 0 Å². The molecule has 0 radical (unpaired) electrons. The average molecular weight is 433 g/mol. The van der Waals surface area contributed by atoms with Crippen LogP contribution in [-0.2, 0) is 16.1 Å². The largest absolute Gasteiger partial charge is 0.497 e. The molecular weight excluding hydrogens is 404 g/mol. The molecular formula is C23H29ClN2O4. The Balaban J connectivity index is 2.15. The number of nitrogens with one attached hydrogen (secondary N) is 1. The van der Waals surface area contributed by atoms with E-state index < -0.39 is 6.04 Å². The normalized spacial score (nSPS) is 11.5. The van der Waals surface area contributed by atoms with Gasteiger partial charge in [-0.05, 0) is 54.8 Å². The molecule has 30 heavy (non-hydrogen) atoms. The number of hydrogen-bond donors (Lipinski definition) is 1. The van der Waals surface area contributed by atoms with Crippen LogP contribution >= 0.6 is 11.6 Å². The van der Waals surface area contributed by atoms with Gasteiger partial charge < -0.3 is 19.7 Å². The van der Waals surface area contributed by atoms with Gasteiger partial charge >= 0.3 is 0 Å². The van der Waals surface area contributed by atoms with Gasteiger partial charge in [0.05, 0.1) is 7.11 Å². The lowest BCUT2D eigenvalue weighted by molar-refractivity contribution is -0.143. The summed E-state index contributed by atoms with van der Waals surface area (Å²) < 4.78 is 10.8. The summed E-state index contributed by atoms with van der Waals surface area (Å²) in [6.45, 7) is 4.57. The maximum atomic E-state index is 13.1. The van der Waals surface area contributed by atoms with Crippen molar-refractivity contribution in [2.45, 2.75) is 39.3 Å². The summed E-state index contributed by atoms with van der Waals surface area (Å²) in [6.07, 6.45) is 1.32. The summed E-state index contributed by atoms with van der Waals surface area (Å²) >= 11 is 5.97. The van der Waals surface area contributed by atoms with Crippen molar-refractivity contribution in [3.63, 3.8) is 0 Å². The van der Waals surface area contributed by atoms with E-state index in [9.17, 15) is 9.59 Å². The van der Waals surface area contributed by atoms with E-state index in [1.54, 1.807) is 48.4 Å². The zero-order chi connectivity index (χ0) is 21.9. The Bertz CT molecular complexity index is 809. The van der Waals surface area contributed by atoms with E-state index >= 15 is 0 Å². The number of methoxy groups -OCH3 is 1. The molecule has 0 bridgehead atoms. The highest BCUT2D eigenvalue weighted by molar-refractivity contribution is 6.30. The number of amides is 2. The topological polar surface area (TPSA) is 67.9 Å². The SMILES string of the molecule is CCCNC(=O)[C@@H](CC)N(Cc1ccc(Cl)cc1)C(=O)COc1ccc(OC)cc1. The molecule has 2 rings (SSSR count). The van der Waals surface area contributed by atoms with Crippen molar-refractivity contribution in [3.8, 4) is 11.5 Å². The average Bonchev–Trinajstić information content (AvgIpc) is 2.77. The second kappa shape index (κ2) is 12.1. The minimum atomic E-state index is -0.584. The van der Waals surface area contributed by atoms with Crippen molar-refractivity contribution in [2.24, 2.45) is 0 Å². The first kappa shape index (κ1) is 23.5. The lowest BCUT2D eigenvalue weighted by atomic mass is 10.1. The Labute approximate surface area is 183 Å². The third-order valence-electron chi connectivity index (χ3n) is 4.62. The summed E-state index contributed by atoms with van der Waals surface area (Å²) in [7, 11) is 1.59. The Morgan fingerprint density at radius 1 is 1.03 bits per heavy atom. The molecule has 162 valence electrons. The number of hydrogen-bond acceptors (Lipinski definition) is 4. The van der Waals surface area contributed by atoms with E-state index in [2.05, 4.69) is 5.32 Å². The molecule has 0 aliphatic carbocycles. The maximum Gasteiger partial charge on any atom is 0.261 e. The lowest BCUT2D eigenvalue weighted by Gasteiger charge is -2.30. The smallest absolute Gasteiger partial charge is 0.261 e. The summed E-state index contributed by atoms with van der Waals surface area (Å²) in [5, 5.41) is 3.51. The van der Waals surface area contributed by atoms with Gasteiger partial charge in [0.2, 0.25) is 5.91 Å². The van der Waals surface area contributed by atoms with Crippen molar-refractivity contribution in [1.82, 2.24) is 10.2 Å². The first-order chi connectivity index (χ1) is 14.5. The van der Waals surface area contributed by atoms with Gasteiger partial charge in [-0.15, -0.1) is 0 Å². The van der Waals surface area contributed by atoms with Crippen molar-refractivity contribution >= 4 is 23.4 Å². The summed E-state index contributed by atoms with van der Waals surface area (Å²) in [5.41, 5.74) is 0.888. The van der Waals surface area contributed by atoms with Gasteiger partial charge in [0.15, 0.2) is 6.61 Å². The predicted molar refractivity (Wildman–Crippen MR) is 118 cm³/mol. The molecule has 0 aliphatic rings. The van der Waals surface area contributed by atoms with Crippen LogP contribution in [0.25, 0.3) is 0 Å². The van der Waals surface area contributed by atoms with Crippen LogP contribution in [0.5, 0.6) is 11.5 Å². The van der Waals surface area contributed by atoms with Gasteiger partial charge in [-0.3, -0.25) is 9.59 Å². The van der Waals surface area contributed by atoms with Crippen LogP contribution < -0.4 is 14.8 Å². The van der Waals surface area contributed by atoms with Crippen LogP contribution in [0.4, 0.5) is 0 Å². The fourth-order valence-electron chi connectivity index (χ4n) is 2.97. The number of carbonyl (C=O) groups is 2. The third-order valence-corrected chi connectivity index (χ3v) is 4.88. The molecule has 0 aliphatic heterocycles. The molecule has 0 unspecified atom stereocenters. The Kier molecular flexibility index (Phi) is 9.48. The van der Waals surface area contributed by atoms with Gasteiger partial charge in [0.25, 0.3) is 5.91 Å². The molecule has 6 nitrogen and oxygen atoms in total. The summed E-state index contributed by atoms with van der Waals surface area (Å²) in [4.78, 5) is 27.3. The van der Waals surface area contributed by atoms with Gasteiger partial charge in [0.1, 0.15) is 17.5 Å². The zero-order valence-corrected chi connectivity index (χ0v) is 18.4. The molecule has 0 fully saturated rings. The highest BCUT2D eigenvalue weighted by Gasteiger charge is 2.28. The first-order valence-corrected chi connectivity index (χ1v) is 10.4. The maximum absolute atomic E-state index is 13.1. The third kappa shape index (κ3) is 6.95. The van der Waals surface area contributed by atoms with E-state index in [1.807, 2.05) is 26.0 Å². The fraction of sp³-hybridized carbons (Fsp3) is 0.391. The van der Waals surface area contributed by atoms with Crippen molar-refractivity contribution in [2.75, 3.05) is 20.3 Å². The van der Waals surface area contributed by atoms with Crippen molar-refractivity contribution in [3.05, 3.63) is 59.1 Å². The minimum absolute atomic E-state index is 0.161. The van der Waals surface area contributed by atoms with Gasteiger partial charge in [-0.1, -0.05) is 37.6 Å². The number of halogens is 1. The monoisotopic (exact) mass is 432 g/mol. The van der Waals surface area contributed by atoms with Crippen LogP contribution in [0.2, 0.25) is 5.02 Å². The fourth-order valence-corrected chi connectivity index (χ4v) is 3.10. The molecule has 0 saturated heterocycles. The minimum Gasteiger partial charge on any atom is -0.497 e. The Hall–Kier alpha value is -2.73. The van der Waals surface area contributed by atoms with Crippen LogP contribution in [0.15, 0.2) is 48.5 Å². The van der Waals surface area contributed by atoms with E-state index in [4.69, 9.17) is 21.1 Å². The zero-order valence-electron chi connectivity index (χ0n) is 17.7. The Morgan fingerprint density at radius 3 is 2.23 bits per heavy atom. The van der Waals surface area contributed by atoms with Gasteiger partial charge in [-0.2, -0.15) is 0 Å². The van der Waals surface area contributed by atoms with E-state index in [1.165, 1.54) is 0 Å². The Morgan fingerprint density at radius 2 is 1.67 bits per heavy atom. The summed E-state index contributed by atoms with van der Waals surface area (Å²) in [6, 6.07) is 13.7. The first-order valence-electron chi connectivity index (χ1n) is 10.1. The van der Waals surface area contributed by atoms with E-state index in [0.717, 1.165) is 12.0 Å². The molecule has 0 aromatic heterocycles. The molecule has 1 N–H and O–H groups in total. The van der Waals surface area contributed by atoms with Crippen molar-refractivity contribution < 1.29 is 19.1 Å². The number of rotatable bonds is 11. The number of carbonyl (C=O) groups excluding carboxylic acids is 2. The highest BCUT2D eigenvalue weighted by atomic mass is 35.5. The molecule has 2 amide bonds. The second-order valence-corrected chi connectivity index (χ2v) is 7.26. The quantitative estimate of drug-likeness (QED) is 0.581. The molecule has 0 saturated carbocycles. The molecule has 2 aromatic rings. The van der Waals surface area contributed by atoms with Gasteiger partial charge in [0, 0.05) is 18.1 Å². The van der Waals surface area contributed by atoms with Crippen LogP contribution in [0.3, 0.4) is 0 Å². The molecule has 1 atom stereocenters. The molecule has 0 spiro atoms. The second-order valence-electron chi connectivity index (χ2n) is 6.83. The van der Waals surface area contributed by atoms with Crippen LogP contribution in [0, 0.1) is 0 Å². The molecule has 0 heterocycles. The number of ether oxygens (including phenoxy) is 2. The molecule has 2 aromatic carbocycles.